The van der Waals surface area contributed by atoms with Gasteiger partial charge in [0.1, 0.15) is 5.75 Å². The highest BCUT2D eigenvalue weighted by atomic mass is 16.5. The van der Waals surface area contributed by atoms with Crippen LogP contribution in [0.5, 0.6) is 5.75 Å². The number of pyridine rings is 1. The Morgan fingerprint density at radius 2 is 2.00 bits per heavy atom. The zero-order valence-electron chi connectivity index (χ0n) is 14.7. The van der Waals surface area contributed by atoms with Gasteiger partial charge in [0, 0.05) is 28.5 Å². The van der Waals surface area contributed by atoms with E-state index in [1.54, 1.807) is 13.2 Å². The van der Waals surface area contributed by atoms with Crippen molar-refractivity contribution in [2.75, 3.05) is 13.7 Å². The summed E-state index contributed by atoms with van der Waals surface area (Å²) in [5.74, 6) is 0.658. The number of rotatable bonds is 7. The summed E-state index contributed by atoms with van der Waals surface area (Å²) in [5, 5.41) is 10.2. The van der Waals surface area contributed by atoms with Crippen LogP contribution in [0.3, 0.4) is 0 Å². The molecule has 3 aromatic rings. The van der Waals surface area contributed by atoms with Crippen molar-refractivity contribution in [2.45, 2.75) is 19.4 Å². The Kier molecular flexibility index (Phi) is 5.61. The van der Waals surface area contributed by atoms with Crippen molar-refractivity contribution in [3.63, 3.8) is 0 Å². The third kappa shape index (κ3) is 3.59. The maximum Gasteiger partial charge on any atom is 0.163 e. The number of aromatic nitrogens is 1. The predicted molar refractivity (Wildman–Crippen MR) is 102 cm³/mol. The Labute approximate surface area is 152 Å². The van der Waals surface area contributed by atoms with Gasteiger partial charge in [-0.1, -0.05) is 30.3 Å². The number of para-hydroxylation sites is 1. The highest BCUT2D eigenvalue weighted by Gasteiger charge is 2.14. The number of ketones is 1. The fourth-order valence-electron chi connectivity index (χ4n) is 2.99. The molecule has 0 radical (unpaired) electrons. The zero-order chi connectivity index (χ0) is 18.5. The third-order valence-electron chi connectivity index (χ3n) is 4.38. The maximum absolute atomic E-state index is 12.7. The molecule has 0 aliphatic rings. The zero-order valence-corrected chi connectivity index (χ0v) is 14.7. The van der Waals surface area contributed by atoms with Crippen LogP contribution in [0, 0.1) is 0 Å². The molecule has 134 valence electrons. The molecular weight excluding hydrogens is 328 g/mol. The van der Waals surface area contributed by atoms with E-state index in [-0.39, 0.29) is 12.4 Å². The van der Waals surface area contributed by atoms with Crippen LogP contribution >= 0.6 is 0 Å². The summed E-state index contributed by atoms with van der Waals surface area (Å²) in [6.07, 6.45) is 1.07. The molecule has 5 heteroatoms. The van der Waals surface area contributed by atoms with Crippen LogP contribution in [0.1, 0.15) is 28.8 Å². The minimum Gasteiger partial charge on any atom is -0.496 e. The lowest BCUT2D eigenvalue weighted by Gasteiger charge is -2.12. The van der Waals surface area contributed by atoms with Crippen molar-refractivity contribution in [3.8, 4) is 17.0 Å². The lowest BCUT2D eigenvalue weighted by Crippen LogP contribution is -2.06. The number of nitrogens with two attached hydrogens (primary N) is 1. The molecule has 1 aromatic heterocycles. The second-order valence-electron chi connectivity index (χ2n) is 6.07. The molecule has 0 aliphatic heterocycles. The maximum atomic E-state index is 12.7. The van der Waals surface area contributed by atoms with E-state index >= 15 is 0 Å². The number of carbonyl (C=O) groups is 1. The molecular formula is C21H22N2O3. The standard InChI is InChI=1S/C21H22N2O3/c1-26-21-11-14(8-9-15(21)13-24)19-12-17(20(25)7-4-10-22)16-5-2-3-6-18(16)23-19/h2-3,5-6,8-9,11-12,24H,4,7,10,13,22H2,1H3. The summed E-state index contributed by atoms with van der Waals surface area (Å²) in [6.45, 7) is 0.388. The number of benzene rings is 2. The van der Waals surface area contributed by atoms with E-state index in [2.05, 4.69) is 0 Å². The van der Waals surface area contributed by atoms with Gasteiger partial charge in [-0.15, -0.1) is 0 Å². The highest BCUT2D eigenvalue weighted by Crippen LogP contribution is 2.30. The van der Waals surface area contributed by atoms with Crippen LogP contribution in [0.4, 0.5) is 0 Å². The Morgan fingerprint density at radius 1 is 1.19 bits per heavy atom. The third-order valence-corrected chi connectivity index (χ3v) is 4.38. The normalized spacial score (nSPS) is 10.9. The van der Waals surface area contributed by atoms with Gasteiger partial charge < -0.3 is 15.6 Å². The number of nitrogens with zero attached hydrogens (tertiary/aromatic N) is 1. The number of Topliss-reactive ketones (excluding diaryl/α,β-unsaturated/α-hetero) is 1. The first-order valence-electron chi connectivity index (χ1n) is 8.59. The first-order chi connectivity index (χ1) is 12.7. The molecule has 0 atom stereocenters. The van der Waals surface area contributed by atoms with E-state index in [4.69, 9.17) is 15.5 Å². The number of aliphatic hydroxyl groups is 1. The molecule has 0 saturated heterocycles. The van der Waals surface area contributed by atoms with E-state index < -0.39 is 0 Å². The van der Waals surface area contributed by atoms with Gasteiger partial charge in [0.15, 0.2) is 5.78 Å². The van der Waals surface area contributed by atoms with Crippen LogP contribution in [-0.4, -0.2) is 29.5 Å². The minimum absolute atomic E-state index is 0.0641. The van der Waals surface area contributed by atoms with Crippen molar-refractivity contribution in [1.82, 2.24) is 4.98 Å². The number of methoxy groups -OCH3 is 1. The Morgan fingerprint density at radius 3 is 2.73 bits per heavy atom. The second kappa shape index (κ2) is 8.08. The molecule has 0 unspecified atom stereocenters. The number of carbonyl (C=O) groups excluding carboxylic acids is 1. The van der Waals surface area contributed by atoms with Crippen LogP contribution < -0.4 is 10.5 Å². The summed E-state index contributed by atoms with van der Waals surface area (Å²) in [7, 11) is 1.56. The molecule has 0 aliphatic carbocycles. The molecule has 0 spiro atoms. The van der Waals surface area contributed by atoms with Gasteiger partial charge in [-0.3, -0.25) is 4.79 Å². The summed E-state index contributed by atoms with van der Waals surface area (Å²) >= 11 is 0. The Hall–Kier alpha value is -2.76. The van der Waals surface area contributed by atoms with Crippen LogP contribution in [0.25, 0.3) is 22.2 Å². The van der Waals surface area contributed by atoms with E-state index in [1.165, 1.54) is 0 Å². The number of hydrogen-bond donors (Lipinski definition) is 2. The van der Waals surface area contributed by atoms with E-state index in [0.29, 0.717) is 42.0 Å². The van der Waals surface area contributed by atoms with E-state index in [0.717, 1.165) is 16.5 Å². The monoisotopic (exact) mass is 350 g/mol. The van der Waals surface area contributed by atoms with Gasteiger partial charge in [0.2, 0.25) is 0 Å². The van der Waals surface area contributed by atoms with Crippen LogP contribution in [0.2, 0.25) is 0 Å². The Bertz CT molecular complexity index is 938. The number of fused-ring (bicyclic) bond motifs is 1. The fourth-order valence-corrected chi connectivity index (χ4v) is 2.99. The van der Waals surface area contributed by atoms with E-state index in [9.17, 15) is 9.90 Å². The van der Waals surface area contributed by atoms with Crippen LogP contribution in [-0.2, 0) is 6.61 Å². The Balaban J connectivity index is 2.14. The van der Waals surface area contributed by atoms with Crippen molar-refractivity contribution in [3.05, 3.63) is 59.7 Å². The quantitative estimate of drug-likeness (QED) is 0.639. The van der Waals surface area contributed by atoms with Gasteiger partial charge >= 0.3 is 0 Å². The average molecular weight is 350 g/mol. The topological polar surface area (TPSA) is 85.4 Å². The molecule has 0 amide bonds. The van der Waals surface area contributed by atoms with Crippen molar-refractivity contribution < 1.29 is 14.6 Å². The summed E-state index contributed by atoms with van der Waals surface area (Å²) in [4.78, 5) is 17.4. The highest BCUT2D eigenvalue weighted by molar-refractivity contribution is 6.08. The lowest BCUT2D eigenvalue weighted by molar-refractivity contribution is 0.0982. The van der Waals surface area contributed by atoms with Gasteiger partial charge in [-0.25, -0.2) is 4.98 Å². The molecule has 1 heterocycles. The molecule has 5 nitrogen and oxygen atoms in total. The molecule has 3 rings (SSSR count). The smallest absolute Gasteiger partial charge is 0.163 e. The summed E-state index contributed by atoms with van der Waals surface area (Å²) < 4.78 is 5.35. The van der Waals surface area contributed by atoms with Crippen LogP contribution in [0.15, 0.2) is 48.5 Å². The summed E-state index contributed by atoms with van der Waals surface area (Å²) in [6, 6.07) is 15.0. The second-order valence-corrected chi connectivity index (χ2v) is 6.07. The first kappa shape index (κ1) is 18.0. The van der Waals surface area contributed by atoms with Gasteiger partial charge in [0.05, 0.1) is 24.9 Å². The largest absolute Gasteiger partial charge is 0.496 e. The minimum atomic E-state index is -0.0998. The molecule has 3 N–H and O–H groups in total. The van der Waals surface area contributed by atoms with Crippen molar-refractivity contribution in [2.24, 2.45) is 5.73 Å². The van der Waals surface area contributed by atoms with Gasteiger partial charge in [-0.05, 0) is 31.2 Å². The number of hydrogen-bond acceptors (Lipinski definition) is 5. The van der Waals surface area contributed by atoms with Crippen molar-refractivity contribution >= 4 is 16.7 Å². The predicted octanol–water partition coefficient (Wildman–Crippen LogP) is 3.32. The molecule has 0 saturated carbocycles. The number of aliphatic hydroxyl groups excluding tert-OH is 1. The lowest BCUT2D eigenvalue weighted by atomic mass is 9.98. The molecule has 2 aromatic carbocycles. The van der Waals surface area contributed by atoms with E-state index in [1.807, 2.05) is 42.5 Å². The first-order valence-corrected chi connectivity index (χ1v) is 8.59. The average Bonchev–Trinajstić information content (AvgIpc) is 2.70. The molecule has 0 bridgehead atoms. The van der Waals surface area contributed by atoms with Gasteiger partial charge in [-0.2, -0.15) is 0 Å². The summed E-state index contributed by atoms with van der Waals surface area (Å²) in [5.41, 5.74) is 9.21. The molecule has 0 fully saturated rings. The number of ether oxygens (including phenoxy) is 1. The van der Waals surface area contributed by atoms with Gasteiger partial charge in [0.25, 0.3) is 0 Å². The SMILES string of the molecule is COc1cc(-c2cc(C(=O)CCCN)c3ccccc3n2)ccc1CO. The molecule has 26 heavy (non-hydrogen) atoms. The van der Waals surface area contributed by atoms with Crippen molar-refractivity contribution in [1.29, 1.82) is 0 Å². The fraction of sp³-hybridized carbons (Fsp3) is 0.238.